The molecule has 3 N–H and O–H groups in total. The van der Waals surface area contributed by atoms with Crippen molar-refractivity contribution in [2.45, 2.75) is 6.92 Å². The monoisotopic (exact) mass is 497 g/mol. The zero-order chi connectivity index (χ0) is 26.2. The van der Waals surface area contributed by atoms with Gasteiger partial charge in [-0.2, -0.15) is 0 Å². The van der Waals surface area contributed by atoms with E-state index in [9.17, 15) is 14.4 Å². The van der Waals surface area contributed by atoms with Gasteiger partial charge in [0.05, 0.1) is 18.4 Å². The van der Waals surface area contributed by atoms with Crippen LogP contribution >= 0.6 is 0 Å². The van der Waals surface area contributed by atoms with Crippen molar-refractivity contribution >= 4 is 39.9 Å². The number of nitrogens with one attached hydrogen (secondary N) is 3. The number of anilines is 2. The van der Waals surface area contributed by atoms with Crippen LogP contribution in [0.2, 0.25) is 0 Å². The summed E-state index contributed by atoms with van der Waals surface area (Å²) in [7, 11) is 1.53. The van der Waals surface area contributed by atoms with Crippen LogP contribution in [0.15, 0.2) is 84.9 Å². The quantitative estimate of drug-likeness (QED) is 0.306. The van der Waals surface area contributed by atoms with Crippen molar-refractivity contribution < 1.29 is 23.9 Å². The van der Waals surface area contributed by atoms with Gasteiger partial charge in [-0.1, -0.05) is 42.5 Å². The molecule has 0 atom stereocenters. The van der Waals surface area contributed by atoms with Crippen LogP contribution in [0.3, 0.4) is 0 Å². The van der Waals surface area contributed by atoms with E-state index in [1.165, 1.54) is 7.11 Å². The maximum atomic E-state index is 13.3. The van der Waals surface area contributed by atoms with E-state index < -0.39 is 11.8 Å². The van der Waals surface area contributed by atoms with Gasteiger partial charge in [0.15, 0.2) is 6.61 Å². The Morgan fingerprint density at radius 2 is 1.49 bits per heavy atom. The second kappa shape index (κ2) is 11.7. The fourth-order valence-electron chi connectivity index (χ4n) is 3.80. The molecule has 4 rings (SSSR count). The Kier molecular flexibility index (Phi) is 8.00. The highest BCUT2D eigenvalue weighted by Crippen LogP contribution is 2.29. The third-order valence-corrected chi connectivity index (χ3v) is 5.55. The molecule has 0 spiro atoms. The summed E-state index contributed by atoms with van der Waals surface area (Å²) in [5, 5.41) is 10.0. The van der Waals surface area contributed by atoms with Gasteiger partial charge in [0.2, 0.25) is 0 Å². The molecule has 0 saturated heterocycles. The zero-order valence-electron chi connectivity index (χ0n) is 20.5. The van der Waals surface area contributed by atoms with Crippen LogP contribution in [0.1, 0.15) is 27.6 Å². The number of amides is 3. The minimum absolute atomic E-state index is 0.225. The maximum Gasteiger partial charge on any atom is 0.262 e. The van der Waals surface area contributed by atoms with E-state index >= 15 is 0 Å². The van der Waals surface area contributed by atoms with Crippen LogP contribution in [0, 0.1) is 0 Å². The predicted molar refractivity (Wildman–Crippen MR) is 143 cm³/mol. The van der Waals surface area contributed by atoms with Crippen molar-refractivity contribution in [3.63, 3.8) is 0 Å². The van der Waals surface area contributed by atoms with Crippen LogP contribution in [0.5, 0.6) is 11.5 Å². The van der Waals surface area contributed by atoms with Gasteiger partial charge in [0, 0.05) is 17.8 Å². The second-order valence-electron chi connectivity index (χ2n) is 8.13. The van der Waals surface area contributed by atoms with Gasteiger partial charge in [-0.3, -0.25) is 14.4 Å². The Hall–Kier alpha value is -4.85. The Labute approximate surface area is 214 Å². The van der Waals surface area contributed by atoms with Gasteiger partial charge >= 0.3 is 0 Å². The van der Waals surface area contributed by atoms with E-state index in [0.717, 1.165) is 10.8 Å². The van der Waals surface area contributed by atoms with Crippen LogP contribution in [0.25, 0.3) is 10.8 Å². The van der Waals surface area contributed by atoms with Gasteiger partial charge in [-0.05, 0) is 60.2 Å². The van der Waals surface area contributed by atoms with Crippen molar-refractivity contribution in [1.29, 1.82) is 0 Å². The molecule has 0 saturated carbocycles. The number of carbonyl (C=O) groups is 3. The summed E-state index contributed by atoms with van der Waals surface area (Å²) >= 11 is 0. The fraction of sp³-hybridized carbons (Fsp3) is 0.138. The van der Waals surface area contributed by atoms with Gasteiger partial charge in [-0.15, -0.1) is 0 Å². The van der Waals surface area contributed by atoms with Crippen LogP contribution < -0.4 is 25.4 Å². The standard InChI is InChI=1S/C29H27N3O5/c1-3-30-28(34)21-11-8-12-22(15-21)31-27(33)18-37-26-17-20-10-5-4-9-19(20)16-23(26)29(35)32-24-13-6-7-14-25(24)36-2/h4-17H,3,18H2,1-2H3,(H,30,34)(H,31,33)(H,32,35). The minimum atomic E-state index is -0.433. The molecule has 0 aliphatic rings. The van der Waals surface area contributed by atoms with Crippen molar-refractivity contribution in [1.82, 2.24) is 5.32 Å². The molecule has 4 aromatic rings. The number of hydrogen-bond donors (Lipinski definition) is 3. The molecule has 4 aromatic carbocycles. The topological polar surface area (TPSA) is 106 Å². The van der Waals surface area contributed by atoms with Gasteiger partial charge in [0.1, 0.15) is 11.5 Å². The molecule has 0 unspecified atom stereocenters. The normalized spacial score (nSPS) is 10.4. The summed E-state index contributed by atoms with van der Waals surface area (Å²) in [5.74, 6) is -0.278. The molecule has 0 bridgehead atoms. The summed E-state index contributed by atoms with van der Waals surface area (Å²) < 4.78 is 11.2. The molecular weight excluding hydrogens is 470 g/mol. The molecule has 8 heteroatoms. The first-order chi connectivity index (χ1) is 18.0. The third kappa shape index (κ3) is 6.24. The molecular formula is C29H27N3O5. The van der Waals surface area contributed by atoms with E-state index in [1.807, 2.05) is 37.3 Å². The Balaban J connectivity index is 1.53. The highest BCUT2D eigenvalue weighted by atomic mass is 16.5. The van der Waals surface area contributed by atoms with E-state index in [4.69, 9.17) is 9.47 Å². The molecule has 0 fully saturated rings. The molecule has 0 heterocycles. The zero-order valence-corrected chi connectivity index (χ0v) is 20.5. The Bertz CT molecular complexity index is 1450. The number of hydrogen-bond acceptors (Lipinski definition) is 5. The molecule has 3 amide bonds. The first kappa shape index (κ1) is 25.2. The first-order valence-corrected chi connectivity index (χ1v) is 11.8. The van der Waals surface area contributed by atoms with E-state index in [1.54, 1.807) is 54.6 Å². The highest BCUT2D eigenvalue weighted by Gasteiger charge is 2.17. The lowest BCUT2D eigenvalue weighted by Gasteiger charge is -2.15. The van der Waals surface area contributed by atoms with Gasteiger partial charge in [-0.25, -0.2) is 0 Å². The van der Waals surface area contributed by atoms with Gasteiger partial charge < -0.3 is 25.4 Å². The Morgan fingerprint density at radius 1 is 0.757 bits per heavy atom. The first-order valence-electron chi connectivity index (χ1n) is 11.8. The SMILES string of the molecule is CCNC(=O)c1cccc(NC(=O)COc2cc3ccccc3cc2C(=O)Nc2ccccc2OC)c1. The van der Waals surface area contributed by atoms with E-state index in [2.05, 4.69) is 16.0 Å². The summed E-state index contributed by atoms with van der Waals surface area (Å²) in [5.41, 5.74) is 1.69. The third-order valence-electron chi connectivity index (χ3n) is 5.55. The number of para-hydroxylation sites is 2. The largest absolute Gasteiger partial charge is 0.495 e. The lowest BCUT2D eigenvalue weighted by atomic mass is 10.1. The van der Waals surface area contributed by atoms with E-state index in [0.29, 0.717) is 29.2 Å². The number of fused-ring (bicyclic) bond motifs is 1. The molecule has 0 aliphatic heterocycles. The fourth-order valence-corrected chi connectivity index (χ4v) is 3.80. The minimum Gasteiger partial charge on any atom is -0.495 e. The average Bonchev–Trinajstić information content (AvgIpc) is 2.92. The predicted octanol–water partition coefficient (Wildman–Crippen LogP) is 4.87. The summed E-state index contributed by atoms with van der Waals surface area (Å²) in [6, 6.07) is 24.7. The van der Waals surface area contributed by atoms with Crippen LogP contribution in [-0.4, -0.2) is 38.0 Å². The van der Waals surface area contributed by atoms with Crippen LogP contribution in [0.4, 0.5) is 11.4 Å². The average molecular weight is 498 g/mol. The number of rotatable bonds is 9. The number of benzene rings is 4. The second-order valence-corrected chi connectivity index (χ2v) is 8.13. The van der Waals surface area contributed by atoms with Crippen molar-refractivity contribution in [3.05, 3.63) is 96.1 Å². The molecule has 0 aliphatic carbocycles. The Morgan fingerprint density at radius 3 is 2.24 bits per heavy atom. The molecule has 0 radical (unpaired) electrons. The number of carbonyl (C=O) groups excluding carboxylic acids is 3. The lowest BCUT2D eigenvalue weighted by Crippen LogP contribution is -2.24. The van der Waals surface area contributed by atoms with Gasteiger partial charge in [0.25, 0.3) is 17.7 Å². The lowest BCUT2D eigenvalue weighted by molar-refractivity contribution is -0.118. The number of methoxy groups -OCH3 is 1. The van der Waals surface area contributed by atoms with E-state index in [-0.39, 0.29) is 23.8 Å². The van der Waals surface area contributed by atoms with Crippen molar-refractivity contribution in [3.8, 4) is 11.5 Å². The molecule has 0 aromatic heterocycles. The number of ether oxygens (including phenoxy) is 2. The van der Waals surface area contributed by atoms with Crippen molar-refractivity contribution in [2.75, 3.05) is 30.9 Å². The smallest absolute Gasteiger partial charge is 0.262 e. The highest BCUT2D eigenvalue weighted by molar-refractivity contribution is 6.09. The maximum absolute atomic E-state index is 13.3. The summed E-state index contributed by atoms with van der Waals surface area (Å²) in [6.45, 7) is 2.00. The summed E-state index contributed by atoms with van der Waals surface area (Å²) in [6.07, 6.45) is 0. The van der Waals surface area contributed by atoms with Crippen molar-refractivity contribution in [2.24, 2.45) is 0 Å². The molecule has 37 heavy (non-hydrogen) atoms. The van der Waals surface area contributed by atoms with Crippen LogP contribution in [-0.2, 0) is 4.79 Å². The summed E-state index contributed by atoms with van der Waals surface area (Å²) in [4.78, 5) is 38.0. The molecule has 8 nitrogen and oxygen atoms in total. The molecule has 188 valence electrons.